The Bertz CT molecular complexity index is 946. The van der Waals surface area contributed by atoms with Crippen LogP contribution in [0.2, 0.25) is 10.0 Å². The van der Waals surface area contributed by atoms with Crippen LogP contribution in [0.4, 0.5) is 5.69 Å². The number of hydrogen-bond donors (Lipinski definition) is 1. The maximum absolute atomic E-state index is 13.4. The van der Waals surface area contributed by atoms with Crippen molar-refractivity contribution in [3.05, 3.63) is 63.6 Å². The summed E-state index contributed by atoms with van der Waals surface area (Å²) in [6.07, 6.45) is 2.31. The van der Waals surface area contributed by atoms with Crippen LogP contribution in [0.15, 0.2) is 42.5 Å². The zero-order valence-electron chi connectivity index (χ0n) is 15.7. The largest absolute Gasteiger partial charge is 0.343 e. The molecule has 1 saturated heterocycles. The molecule has 0 radical (unpaired) electrons. The van der Waals surface area contributed by atoms with E-state index < -0.39 is 5.41 Å². The molecule has 0 unspecified atom stereocenters. The average molecular weight is 417 g/mol. The second-order valence-electron chi connectivity index (χ2n) is 7.73. The zero-order valence-corrected chi connectivity index (χ0v) is 17.2. The van der Waals surface area contributed by atoms with Gasteiger partial charge in [-0.2, -0.15) is 0 Å². The Balaban J connectivity index is 1.82. The molecule has 0 bridgehead atoms. The van der Waals surface area contributed by atoms with E-state index in [4.69, 9.17) is 23.2 Å². The number of likely N-dealkylation sites (tertiary alicyclic amines) is 1. The molecule has 0 aliphatic carbocycles. The van der Waals surface area contributed by atoms with Crippen molar-refractivity contribution in [1.82, 2.24) is 4.90 Å². The minimum atomic E-state index is -0.751. The Morgan fingerprint density at radius 3 is 2.75 bits per heavy atom. The van der Waals surface area contributed by atoms with Crippen LogP contribution >= 0.6 is 23.2 Å². The number of piperidine rings is 1. The van der Waals surface area contributed by atoms with Gasteiger partial charge in [0.25, 0.3) is 0 Å². The summed E-state index contributed by atoms with van der Waals surface area (Å²) in [5.41, 5.74) is 1.97. The highest BCUT2D eigenvalue weighted by molar-refractivity contribution is 6.31. The van der Waals surface area contributed by atoms with Gasteiger partial charge < -0.3 is 10.2 Å². The quantitative estimate of drug-likeness (QED) is 0.788. The van der Waals surface area contributed by atoms with E-state index in [1.54, 1.807) is 13.0 Å². The number of benzene rings is 2. The Hall–Kier alpha value is -2.04. The van der Waals surface area contributed by atoms with Crippen molar-refractivity contribution < 1.29 is 9.59 Å². The molecule has 4 nitrogen and oxygen atoms in total. The van der Waals surface area contributed by atoms with Gasteiger partial charge in [0.1, 0.15) is 0 Å². The molecule has 1 N–H and O–H groups in total. The van der Waals surface area contributed by atoms with E-state index in [-0.39, 0.29) is 17.7 Å². The van der Waals surface area contributed by atoms with Crippen LogP contribution in [0.5, 0.6) is 0 Å². The number of rotatable bonds is 3. The lowest BCUT2D eigenvalue weighted by molar-refractivity contribution is -0.133. The summed E-state index contributed by atoms with van der Waals surface area (Å²) in [6, 6.07) is 13.2. The molecule has 2 aliphatic rings. The minimum Gasteiger partial charge on any atom is -0.343 e. The minimum absolute atomic E-state index is 0.0200. The molecule has 0 spiro atoms. The summed E-state index contributed by atoms with van der Waals surface area (Å²) in [6.45, 7) is 2.91. The fraction of sp³-hybridized carbons (Fsp3) is 0.364. The Labute approximate surface area is 174 Å². The second-order valence-corrected chi connectivity index (χ2v) is 8.60. The second kappa shape index (κ2) is 7.41. The van der Waals surface area contributed by atoms with Crippen molar-refractivity contribution in [2.45, 2.75) is 31.6 Å². The molecule has 2 heterocycles. The smallest absolute Gasteiger partial charge is 0.235 e. The fourth-order valence-corrected chi connectivity index (χ4v) is 5.11. The molecular weight excluding hydrogens is 395 g/mol. The highest BCUT2D eigenvalue weighted by atomic mass is 35.5. The molecule has 1 fully saturated rings. The molecular formula is C22H22Cl2N2O2. The Morgan fingerprint density at radius 2 is 2.00 bits per heavy atom. The summed E-state index contributed by atoms with van der Waals surface area (Å²) >= 11 is 12.4. The van der Waals surface area contributed by atoms with Gasteiger partial charge in [-0.15, -0.1) is 0 Å². The van der Waals surface area contributed by atoms with Crippen LogP contribution in [0.25, 0.3) is 0 Å². The molecule has 2 amide bonds. The van der Waals surface area contributed by atoms with Gasteiger partial charge >= 0.3 is 0 Å². The number of carbonyl (C=O) groups excluding carboxylic acids is 2. The zero-order chi connectivity index (χ0) is 19.9. The topological polar surface area (TPSA) is 49.4 Å². The van der Waals surface area contributed by atoms with Gasteiger partial charge in [0.05, 0.1) is 5.41 Å². The molecule has 2 aromatic carbocycles. The van der Waals surface area contributed by atoms with Gasteiger partial charge in [-0.05, 0) is 60.6 Å². The number of nitrogens with zero attached hydrogens (tertiary/aromatic N) is 1. The van der Waals surface area contributed by atoms with Crippen molar-refractivity contribution >= 4 is 40.7 Å². The third kappa shape index (κ3) is 3.29. The first kappa shape index (κ1) is 19.3. The number of anilines is 1. The highest BCUT2D eigenvalue weighted by Gasteiger charge is 2.53. The van der Waals surface area contributed by atoms with E-state index in [2.05, 4.69) is 5.32 Å². The molecule has 6 heteroatoms. The van der Waals surface area contributed by atoms with E-state index in [9.17, 15) is 9.59 Å². The van der Waals surface area contributed by atoms with E-state index in [0.717, 1.165) is 36.2 Å². The third-order valence-electron chi connectivity index (χ3n) is 6.05. The first-order valence-electron chi connectivity index (χ1n) is 9.51. The van der Waals surface area contributed by atoms with Crippen LogP contribution < -0.4 is 5.32 Å². The van der Waals surface area contributed by atoms with Gasteiger partial charge in [0.2, 0.25) is 11.8 Å². The molecule has 2 aliphatic heterocycles. The van der Waals surface area contributed by atoms with Crippen LogP contribution in [-0.2, 0) is 21.4 Å². The monoisotopic (exact) mass is 416 g/mol. The van der Waals surface area contributed by atoms with Crippen LogP contribution in [-0.4, -0.2) is 29.8 Å². The van der Waals surface area contributed by atoms with Gasteiger partial charge in [0, 0.05) is 35.7 Å². The maximum atomic E-state index is 13.4. The van der Waals surface area contributed by atoms with Crippen molar-refractivity contribution in [3.8, 4) is 0 Å². The lowest BCUT2D eigenvalue weighted by Gasteiger charge is -2.42. The summed E-state index contributed by atoms with van der Waals surface area (Å²) in [7, 11) is 0. The van der Waals surface area contributed by atoms with E-state index >= 15 is 0 Å². The van der Waals surface area contributed by atoms with Crippen molar-refractivity contribution in [2.75, 3.05) is 18.4 Å². The van der Waals surface area contributed by atoms with Crippen LogP contribution in [0.1, 0.15) is 30.9 Å². The lowest BCUT2D eigenvalue weighted by Crippen LogP contribution is -2.51. The third-order valence-corrected chi connectivity index (χ3v) is 6.52. The number of amides is 2. The van der Waals surface area contributed by atoms with Crippen molar-refractivity contribution in [2.24, 2.45) is 5.92 Å². The number of carbonyl (C=O) groups is 2. The molecule has 28 heavy (non-hydrogen) atoms. The molecule has 2 atom stereocenters. The molecule has 0 saturated carbocycles. The van der Waals surface area contributed by atoms with Gasteiger partial charge in [0.15, 0.2) is 0 Å². The first-order valence-corrected chi connectivity index (χ1v) is 10.3. The predicted molar refractivity (Wildman–Crippen MR) is 112 cm³/mol. The van der Waals surface area contributed by atoms with Gasteiger partial charge in [-0.25, -0.2) is 0 Å². The van der Waals surface area contributed by atoms with Crippen LogP contribution in [0.3, 0.4) is 0 Å². The Morgan fingerprint density at radius 1 is 1.21 bits per heavy atom. The highest BCUT2D eigenvalue weighted by Crippen LogP contribution is 2.48. The van der Waals surface area contributed by atoms with Gasteiger partial charge in [-0.1, -0.05) is 41.4 Å². The Kier molecular flexibility index (Phi) is 5.11. The summed E-state index contributed by atoms with van der Waals surface area (Å²) in [4.78, 5) is 27.3. The predicted octanol–water partition coefficient (Wildman–Crippen LogP) is 4.68. The summed E-state index contributed by atoms with van der Waals surface area (Å²) < 4.78 is 0. The summed E-state index contributed by atoms with van der Waals surface area (Å²) in [5.74, 6) is 0.0454. The first-order chi connectivity index (χ1) is 13.4. The van der Waals surface area contributed by atoms with E-state index in [1.807, 2.05) is 41.3 Å². The normalized spacial score (nSPS) is 24.0. The van der Waals surface area contributed by atoms with E-state index in [0.29, 0.717) is 23.0 Å². The van der Waals surface area contributed by atoms with E-state index in [1.165, 1.54) is 0 Å². The van der Waals surface area contributed by atoms with Crippen molar-refractivity contribution in [1.29, 1.82) is 0 Å². The summed E-state index contributed by atoms with van der Waals surface area (Å²) in [5, 5.41) is 4.28. The van der Waals surface area contributed by atoms with Crippen LogP contribution in [0, 0.1) is 5.92 Å². The standard InChI is InChI=1S/C22H22Cl2N2O2/c1-14(27)26-9-3-5-16(13-26)22(12-15-4-2-6-17(23)10-15)19-8-7-18(24)11-20(19)25-21(22)28/h2,4,6-8,10-11,16H,3,5,9,12-13H2,1H3,(H,25,28)/t16-,22-/m0/s1. The molecule has 146 valence electrons. The maximum Gasteiger partial charge on any atom is 0.235 e. The number of halogens is 2. The number of fused-ring (bicyclic) bond motifs is 1. The van der Waals surface area contributed by atoms with Crippen molar-refractivity contribution in [3.63, 3.8) is 0 Å². The van der Waals surface area contributed by atoms with Gasteiger partial charge in [-0.3, -0.25) is 9.59 Å². The molecule has 2 aromatic rings. The fourth-order valence-electron chi connectivity index (χ4n) is 4.72. The molecule has 0 aromatic heterocycles. The average Bonchev–Trinajstić information content (AvgIpc) is 2.93. The number of hydrogen-bond acceptors (Lipinski definition) is 2. The SMILES string of the molecule is CC(=O)N1CCC[C@H]([C@]2(Cc3cccc(Cl)c3)C(=O)Nc3cc(Cl)ccc32)C1. The number of nitrogens with one attached hydrogen (secondary N) is 1. The lowest BCUT2D eigenvalue weighted by atomic mass is 9.65. The molecule has 4 rings (SSSR count).